The van der Waals surface area contributed by atoms with Gasteiger partial charge in [0.1, 0.15) is 0 Å². The first-order valence-corrected chi connectivity index (χ1v) is 9.29. The van der Waals surface area contributed by atoms with Gasteiger partial charge in [0.25, 0.3) is 0 Å². The fraction of sp³-hybridized carbons (Fsp3) is 0.118. The molecule has 0 aliphatic heterocycles. The average molecular weight is 357 g/mol. The van der Waals surface area contributed by atoms with Crippen molar-refractivity contribution in [1.82, 2.24) is 10.2 Å². The Bertz CT molecular complexity index is 980. The molecular formula is C17H15N3O4S. The molecule has 2 aromatic carbocycles. The number of sulfone groups is 1. The van der Waals surface area contributed by atoms with Gasteiger partial charge < -0.3 is 4.42 Å². The summed E-state index contributed by atoms with van der Waals surface area (Å²) in [5.74, 6) is -0.0797. The summed E-state index contributed by atoms with van der Waals surface area (Å²) < 4.78 is 28.3. The molecule has 3 rings (SSSR count). The van der Waals surface area contributed by atoms with Crippen molar-refractivity contribution in [3.8, 4) is 11.5 Å². The van der Waals surface area contributed by atoms with E-state index in [0.29, 0.717) is 5.56 Å². The molecule has 0 bridgehead atoms. The molecule has 1 amide bonds. The molecule has 0 aliphatic carbocycles. The van der Waals surface area contributed by atoms with Crippen molar-refractivity contribution in [2.75, 3.05) is 11.6 Å². The van der Waals surface area contributed by atoms with Crippen LogP contribution in [0.3, 0.4) is 0 Å². The maximum atomic E-state index is 12.0. The molecule has 0 aliphatic rings. The van der Waals surface area contributed by atoms with Crippen molar-refractivity contribution < 1.29 is 17.6 Å². The van der Waals surface area contributed by atoms with E-state index in [4.69, 9.17) is 4.42 Å². The van der Waals surface area contributed by atoms with Crippen LogP contribution in [-0.4, -0.2) is 30.8 Å². The van der Waals surface area contributed by atoms with Crippen LogP contribution in [0.4, 0.5) is 6.01 Å². The second-order valence-electron chi connectivity index (χ2n) is 5.42. The lowest BCUT2D eigenvalue weighted by atomic mass is 10.1. The normalized spacial score (nSPS) is 11.2. The van der Waals surface area contributed by atoms with E-state index >= 15 is 0 Å². The van der Waals surface area contributed by atoms with Crippen LogP contribution < -0.4 is 5.32 Å². The van der Waals surface area contributed by atoms with Gasteiger partial charge in [0.2, 0.25) is 11.8 Å². The third-order valence-electron chi connectivity index (χ3n) is 3.41. The van der Waals surface area contributed by atoms with Crippen molar-refractivity contribution >= 4 is 21.8 Å². The number of amides is 1. The molecule has 25 heavy (non-hydrogen) atoms. The fourth-order valence-corrected chi connectivity index (χ4v) is 2.81. The minimum absolute atomic E-state index is 0.0110. The van der Waals surface area contributed by atoms with E-state index in [1.807, 2.05) is 30.3 Å². The van der Waals surface area contributed by atoms with Gasteiger partial charge >= 0.3 is 6.01 Å². The minimum Gasteiger partial charge on any atom is -0.403 e. The third kappa shape index (κ3) is 4.30. The highest BCUT2D eigenvalue weighted by Gasteiger charge is 2.13. The molecule has 0 fully saturated rings. The highest BCUT2D eigenvalue weighted by atomic mass is 32.2. The van der Waals surface area contributed by atoms with E-state index in [-0.39, 0.29) is 29.1 Å². The summed E-state index contributed by atoms with van der Waals surface area (Å²) in [4.78, 5) is 12.2. The Morgan fingerprint density at radius 3 is 2.36 bits per heavy atom. The van der Waals surface area contributed by atoms with E-state index in [2.05, 4.69) is 15.5 Å². The smallest absolute Gasteiger partial charge is 0.322 e. The van der Waals surface area contributed by atoms with Crippen LogP contribution in [0.15, 0.2) is 63.9 Å². The summed E-state index contributed by atoms with van der Waals surface area (Å²) in [6, 6.07) is 15.3. The molecule has 0 spiro atoms. The predicted octanol–water partition coefficient (Wildman–Crippen LogP) is 2.32. The van der Waals surface area contributed by atoms with Crippen LogP contribution in [0, 0.1) is 0 Å². The Kier molecular flexibility index (Phi) is 4.62. The molecule has 0 unspecified atom stereocenters. The first-order chi connectivity index (χ1) is 11.9. The number of nitrogens with zero attached hydrogens (tertiary/aromatic N) is 2. The fourth-order valence-electron chi connectivity index (χ4n) is 2.18. The van der Waals surface area contributed by atoms with Gasteiger partial charge in [0.05, 0.1) is 11.3 Å². The Balaban J connectivity index is 1.69. The number of rotatable bonds is 5. The van der Waals surface area contributed by atoms with Gasteiger partial charge in [-0.3, -0.25) is 10.1 Å². The number of anilines is 1. The van der Waals surface area contributed by atoms with Crippen LogP contribution >= 0.6 is 0 Å². The predicted molar refractivity (Wildman–Crippen MR) is 91.6 cm³/mol. The first kappa shape index (κ1) is 16.8. The number of hydrogen-bond donors (Lipinski definition) is 1. The van der Waals surface area contributed by atoms with Crippen LogP contribution in [0.1, 0.15) is 5.56 Å². The molecule has 1 heterocycles. The molecule has 1 N–H and O–H groups in total. The average Bonchev–Trinajstić information content (AvgIpc) is 3.03. The summed E-state index contributed by atoms with van der Waals surface area (Å²) in [5, 5.41) is 10.2. The van der Waals surface area contributed by atoms with Crippen molar-refractivity contribution in [2.45, 2.75) is 11.3 Å². The molecular weight excluding hydrogens is 342 g/mol. The summed E-state index contributed by atoms with van der Waals surface area (Å²) >= 11 is 0. The number of aromatic nitrogens is 2. The van der Waals surface area contributed by atoms with Crippen LogP contribution in [0.2, 0.25) is 0 Å². The molecule has 0 saturated heterocycles. The number of hydrogen-bond acceptors (Lipinski definition) is 6. The maximum absolute atomic E-state index is 12.0. The van der Waals surface area contributed by atoms with E-state index in [1.54, 1.807) is 12.1 Å². The quantitative estimate of drug-likeness (QED) is 0.752. The molecule has 1 aromatic heterocycles. The standard InChI is InChI=1S/C17H15N3O4S/c1-25(22,23)14-9-7-13(8-10-14)16-19-20-17(24-16)18-15(21)11-12-5-3-2-4-6-12/h2-10H,11H2,1H3,(H,18,20,21). The van der Waals surface area contributed by atoms with Crippen molar-refractivity contribution in [1.29, 1.82) is 0 Å². The Hall–Kier alpha value is -3.00. The highest BCUT2D eigenvalue weighted by Crippen LogP contribution is 2.21. The van der Waals surface area contributed by atoms with Gasteiger partial charge in [-0.05, 0) is 29.8 Å². The van der Waals surface area contributed by atoms with E-state index in [1.165, 1.54) is 12.1 Å². The highest BCUT2D eigenvalue weighted by molar-refractivity contribution is 7.90. The molecule has 3 aromatic rings. The Morgan fingerprint density at radius 1 is 1.04 bits per heavy atom. The van der Waals surface area contributed by atoms with Crippen molar-refractivity contribution in [3.05, 3.63) is 60.2 Å². The van der Waals surface area contributed by atoms with Gasteiger partial charge in [-0.2, -0.15) is 0 Å². The zero-order chi connectivity index (χ0) is 17.9. The molecule has 8 heteroatoms. The van der Waals surface area contributed by atoms with Crippen molar-refractivity contribution in [3.63, 3.8) is 0 Å². The Labute approximate surface area is 144 Å². The van der Waals surface area contributed by atoms with E-state index < -0.39 is 9.84 Å². The number of nitrogens with one attached hydrogen (secondary N) is 1. The van der Waals surface area contributed by atoms with Gasteiger partial charge in [-0.25, -0.2) is 8.42 Å². The first-order valence-electron chi connectivity index (χ1n) is 7.39. The largest absolute Gasteiger partial charge is 0.403 e. The summed E-state index contributed by atoms with van der Waals surface area (Å²) in [6.07, 6.45) is 1.33. The lowest BCUT2D eigenvalue weighted by Gasteiger charge is -2.01. The molecule has 128 valence electrons. The zero-order valence-electron chi connectivity index (χ0n) is 13.3. The van der Waals surface area contributed by atoms with Crippen LogP contribution in [0.25, 0.3) is 11.5 Å². The minimum atomic E-state index is -3.27. The summed E-state index contributed by atoms with van der Waals surface area (Å²) in [6.45, 7) is 0. The summed E-state index contributed by atoms with van der Waals surface area (Å²) in [7, 11) is -3.27. The SMILES string of the molecule is CS(=O)(=O)c1ccc(-c2nnc(NC(=O)Cc3ccccc3)o2)cc1. The molecule has 0 saturated carbocycles. The van der Waals surface area contributed by atoms with Gasteiger partial charge in [-0.15, -0.1) is 5.10 Å². The van der Waals surface area contributed by atoms with E-state index in [9.17, 15) is 13.2 Å². The molecule has 0 radical (unpaired) electrons. The molecule has 7 nitrogen and oxygen atoms in total. The summed E-state index contributed by atoms with van der Waals surface area (Å²) in [5.41, 5.74) is 1.43. The monoisotopic (exact) mass is 357 g/mol. The Morgan fingerprint density at radius 2 is 1.72 bits per heavy atom. The zero-order valence-corrected chi connectivity index (χ0v) is 14.2. The second kappa shape index (κ2) is 6.86. The number of carbonyl (C=O) groups excluding carboxylic acids is 1. The maximum Gasteiger partial charge on any atom is 0.322 e. The van der Waals surface area contributed by atoms with E-state index in [0.717, 1.165) is 11.8 Å². The van der Waals surface area contributed by atoms with Gasteiger partial charge in [0, 0.05) is 11.8 Å². The lowest BCUT2D eigenvalue weighted by Crippen LogP contribution is -2.14. The lowest BCUT2D eigenvalue weighted by molar-refractivity contribution is -0.115. The van der Waals surface area contributed by atoms with Crippen molar-refractivity contribution in [2.24, 2.45) is 0 Å². The third-order valence-corrected chi connectivity index (χ3v) is 4.54. The van der Waals surface area contributed by atoms with Gasteiger partial charge in [0.15, 0.2) is 9.84 Å². The number of carbonyl (C=O) groups is 1. The van der Waals surface area contributed by atoms with Gasteiger partial charge in [-0.1, -0.05) is 35.4 Å². The van der Waals surface area contributed by atoms with Crippen LogP contribution in [0.5, 0.6) is 0 Å². The molecule has 0 atom stereocenters. The topological polar surface area (TPSA) is 102 Å². The number of benzene rings is 2. The second-order valence-corrected chi connectivity index (χ2v) is 7.44. The van der Waals surface area contributed by atoms with Crippen LogP contribution in [-0.2, 0) is 21.1 Å².